The van der Waals surface area contributed by atoms with Gasteiger partial charge in [0, 0.05) is 41.8 Å². The highest BCUT2D eigenvalue weighted by Crippen LogP contribution is 2.26. The van der Waals surface area contributed by atoms with Gasteiger partial charge in [-0.25, -0.2) is 14.5 Å². The number of ether oxygens (including phenoxy) is 4. The second-order valence-corrected chi connectivity index (χ2v) is 13.4. The largest absolute Gasteiger partial charge is 0.449 e. The fourth-order valence-electron chi connectivity index (χ4n) is 4.95. The van der Waals surface area contributed by atoms with Crippen LogP contribution in [0.15, 0.2) is 53.3 Å². The molecule has 50 heavy (non-hydrogen) atoms. The number of hydrogen-bond donors (Lipinski definition) is 2. The Labute approximate surface area is 288 Å². The predicted molar refractivity (Wildman–Crippen MR) is 180 cm³/mol. The van der Waals surface area contributed by atoms with E-state index in [0.717, 1.165) is 6.92 Å². The molecule has 0 radical (unpaired) electrons. The number of aromatic amines is 1. The number of carbonyl (C=O) groups excluding carboxylic acids is 5. The number of fused-ring (bicyclic) bond motifs is 1. The molecule has 2 atom stereocenters. The van der Waals surface area contributed by atoms with Gasteiger partial charge in [-0.2, -0.15) is 5.26 Å². The van der Waals surface area contributed by atoms with E-state index >= 15 is 0 Å². The molecule has 1 aliphatic rings. The molecule has 2 N–H and O–H groups in total. The number of pyridine rings is 1. The van der Waals surface area contributed by atoms with Crippen LogP contribution in [-0.4, -0.2) is 76.4 Å². The molecule has 0 saturated carbocycles. The number of amides is 4. The highest BCUT2D eigenvalue weighted by Gasteiger charge is 2.43. The number of anilines is 2. The van der Waals surface area contributed by atoms with Gasteiger partial charge in [0.25, 0.3) is 11.8 Å². The summed E-state index contributed by atoms with van der Waals surface area (Å²) in [6.07, 6.45) is -5.28. The normalized spacial score (nSPS) is 15.4. The van der Waals surface area contributed by atoms with Gasteiger partial charge in [0.15, 0.2) is 6.10 Å². The zero-order valence-corrected chi connectivity index (χ0v) is 28.8. The number of nitriles is 1. The van der Waals surface area contributed by atoms with Gasteiger partial charge in [0.05, 0.1) is 24.8 Å². The van der Waals surface area contributed by atoms with Crippen LogP contribution in [-0.2, 0) is 39.9 Å². The third-order valence-electron chi connectivity index (χ3n) is 7.02. The molecule has 15 nitrogen and oxygen atoms in total. The van der Waals surface area contributed by atoms with Crippen LogP contribution in [0.1, 0.15) is 59.6 Å². The molecule has 1 fully saturated rings. The smallest absolute Gasteiger partial charge is 0.420 e. The Morgan fingerprint density at radius 1 is 1.00 bits per heavy atom. The molecule has 0 bridgehead atoms. The maximum Gasteiger partial charge on any atom is 0.420 e. The number of H-pyrrole nitrogens is 1. The second kappa shape index (κ2) is 14.8. The molecule has 0 unspecified atom stereocenters. The number of imide groups is 1. The van der Waals surface area contributed by atoms with Gasteiger partial charge in [0.2, 0.25) is 11.7 Å². The third-order valence-corrected chi connectivity index (χ3v) is 7.02. The summed E-state index contributed by atoms with van der Waals surface area (Å²) < 4.78 is 21.8. The number of aromatic nitrogens is 1. The van der Waals surface area contributed by atoms with E-state index in [9.17, 15) is 34.0 Å². The molecule has 0 spiro atoms. The maximum atomic E-state index is 13.7. The van der Waals surface area contributed by atoms with E-state index in [0.29, 0.717) is 21.5 Å². The number of morpholine rings is 1. The summed E-state index contributed by atoms with van der Waals surface area (Å²) in [4.78, 5) is 82.2. The molecule has 15 heteroatoms. The van der Waals surface area contributed by atoms with Crippen molar-refractivity contribution < 1.29 is 42.9 Å². The molecule has 2 heterocycles. The number of nitrogens with one attached hydrogen (secondary N) is 2. The van der Waals surface area contributed by atoms with Crippen LogP contribution >= 0.6 is 0 Å². The van der Waals surface area contributed by atoms with E-state index in [1.165, 1.54) is 29.2 Å². The van der Waals surface area contributed by atoms with Crippen LogP contribution in [0.4, 0.5) is 21.0 Å². The number of benzene rings is 2. The van der Waals surface area contributed by atoms with Crippen LogP contribution in [0.3, 0.4) is 0 Å². The van der Waals surface area contributed by atoms with Crippen molar-refractivity contribution in [2.75, 3.05) is 23.4 Å². The van der Waals surface area contributed by atoms with Gasteiger partial charge in [-0.15, -0.1) is 0 Å². The average molecular weight is 690 g/mol. The van der Waals surface area contributed by atoms with Gasteiger partial charge in [0.1, 0.15) is 11.2 Å². The minimum absolute atomic E-state index is 0.0112. The zero-order chi connectivity index (χ0) is 37.0. The van der Waals surface area contributed by atoms with Gasteiger partial charge in [-0.3, -0.25) is 19.2 Å². The van der Waals surface area contributed by atoms with Crippen LogP contribution in [0, 0.1) is 11.3 Å². The molecule has 2 aromatic carbocycles. The third kappa shape index (κ3) is 9.44. The summed E-state index contributed by atoms with van der Waals surface area (Å²) in [7, 11) is 0. The molecule has 4 rings (SSSR count). The minimum Gasteiger partial charge on any atom is -0.449 e. The zero-order valence-electron chi connectivity index (χ0n) is 28.8. The Morgan fingerprint density at radius 2 is 1.66 bits per heavy atom. The van der Waals surface area contributed by atoms with Gasteiger partial charge >= 0.3 is 18.2 Å². The first-order valence-electron chi connectivity index (χ1n) is 15.7. The van der Waals surface area contributed by atoms with Crippen molar-refractivity contribution in [3.63, 3.8) is 0 Å². The molecule has 0 aliphatic carbocycles. The number of nitrogens with zero attached hydrogens (tertiary/aromatic N) is 3. The van der Waals surface area contributed by atoms with Crippen molar-refractivity contribution in [3.05, 3.63) is 70.0 Å². The highest BCUT2D eigenvalue weighted by atomic mass is 16.6. The van der Waals surface area contributed by atoms with Crippen LogP contribution in [0.25, 0.3) is 10.9 Å². The SMILES string of the molecule is CC(=O)O[C@@H](C(=O)Nc1ccc(C#N)c(CN(C(=O)OC(C)(C)C)C(=O)OC(C)(C)C)c1)[C@H]1OCCN(c2ccc3[nH]c(=O)ccc3c2)C1=O. The summed E-state index contributed by atoms with van der Waals surface area (Å²) in [5.41, 5.74) is -0.824. The highest BCUT2D eigenvalue weighted by molar-refractivity contribution is 6.05. The maximum absolute atomic E-state index is 13.7. The lowest BCUT2D eigenvalue weighted by atomic mass is 10.1. The molecular formula is C35H39N5O10. The van der Waals surface area contributed by atoms with Crippen molar-refractivity contribution in [2.45, 2.75) is 78.4 Å². The lowest BCUT2D eigenvalue weighted by Crippen LogP contribution is -2.56. The van der Waals surface area contributed by atoms with E-state index < -0.39 is 59.9 Å². The summed E-state index contributed by atoms with van der Waals surface area (Å²) in [5, 5.41) is 13.1. The summed E-state index contributed by atoms with van der Waals surface area (Å²) in [6.45, 7) is 10.5. The van der Waals surface area contributed by atoms with Crippen molar-refractivity contribution in [1.82, 2.24) is 9.88 Å². The second-order valence-electron chi connectivity index (χ2n) is 13.4. The van der Waals surface area contributed by atoms with Gasteiger partial charge in [-0.1, -0.05) is 0 Å². The van der Waals surface area contributed by atoms with Gasteiger partial charge in [-0.05, 0) is 89.6 Å². The Balaban J connectivity index is 1.61. The minimum atomic E-state index is -1.72. The van der Waals surface area contributed by atoms with Crippen molar-refractivity contribution in [2.24, 2.45) is 0 Å². The lowest BCUT2D eigenvalue weighted by Gasteiger charge is -2.35. The Hall–Kier alpha value is -5.75. The van der Waals surface area contributed by atoms with E-state index in [2.05, 4.69) is 10.3 Å². The van der Waals surface area contributed by atoms with E-state index in [4.69, 9.17) is 18.9 Å². The van der Waals surface area contributed by atoms with Crippen LogP contribution in [0.5, 0.6) is 0 Å². The predicted octanol–water partition coefficient (Wildman–Crippen LogP) is 4.37. The molecule has 1 aromatic heterocycles. The van der Waals surface area contributed by atoms with E-state index in [1.54, 1.807) is 65.8 Å². The van der Waals surface area contributed by atoms with E-state index in [-0.39, 0.29) is 35.5 Å². The molecule has 4 amide bonds. The first-order chi connectivity index (χ1) is 23.3. The first kappa shape index (κ1) is 37.1. The molecular weight excluding hydrogens is 650 g/mol. The standard InChI is InChI=1S/C35H39N5O10/c1-20(41)48-28(29-31(44)39(14-15-47-29)25-11-12-26-21(17-25)9-13-27(42)38-26)30(43)37-24-10-8-22(18-36)23(16-24)19-40(32(45)49-34(2,3)4)33(46)50-35(5,6)7/h8-13,16-17,28-29H,14-15,19H2,1-7H3,(H,37,43)(H,38,42)/t28-,29-/m1/s1. The Morgan fingerprint density at radius 3 is 2.26 bits per heavy atom. The summed E-state index contributed by atoms with van der Waals surface area (Å²) in [6, 6.07) is 14.1. The number of carbonyl (C=O) groups is 5. The Bertz CT molecular complexity index is 1890. The molecule has 264 valence electrons. The topological polar surface area (TPSA) is 197 Å². The van der Waals surface area contributed by atoms with Crippen LogP contribution in [0.2, 0.25) is 0 Å². The van der Waals surface area contributed by atoms with Crippen molar-refractivity contribution in [1.29, 1.82) is 5.26 Å². The molecule has 1 aliphatic heterocycles. The average Bonchev–Trinajstić information content (AvgIpc) is 3.00. The fourth-order valence-corrected chi connectivity index (χ4v) is 4.95. The molecule has 3 aromatic rings. The first-order valence-corrected chi connectivity index (χ1v) is 15.7. The van der Waals surface area contributed by atoms with Crippen molar-refractivity contribution in [3.8, 4) is 6.07 Å². The number of rotatable bonds is 7. The van der Waals surface area contributed by atoms with E-state index in [1.807, 2.05) is 6.07 Å². The summed E-state index contributed by atoms with van der Waals surface area (Å²) in [5.74, 6) is -2.41. The summed E-state index contributed by atoms with van der Waals surface area (Å²) >= 11 is 0. The Kier molecular flexibility index (Phi) is 11.0. The quantitative estimate of drug-likeness (QED) is 0.264. The lowest BCUT2D eigenvalue weighted by molar-refractivity contribution is -0.167. The molecule has 1 saturated heterocycles. The number of esters is 1. The number of hydrogen-bond acceptors (Lipinski definition) is 11. The fraction of sp³-hybridized carbons (Fsp3) is 0.400. The van der Waals surface area contributed by atoms with Crippen molar-refractivity contribution >= 4 is 52.2 Å². The van der Waals surface area contributed by atoms with Gasteiger partial charge < -0.3 is 34.1 Å². The van der Waals surface area contributed by atoms with Crippen LogP contribution < -0.4 is 15.8 Å². The monoisotopic (exact) mass is 689 g/mol.